The van der Waals surface area contributed by atoms with Gasteiger partial charge in [-0.05, 0) is 28.8 Å². The number of nitrogens with one attached hydrogen (secondary N) is 1. The summed E-state index contributed by atoms with van der Waals surface area (Å²) in [4.78, 5) is 11.2. The molecule has 0 bridgehead atoms. The van der Waals surface area contributed by atoms with E-state index in [1.807, 2.05) is 0 Å². The van der Waals surface area contributed by atoms with Gasteiger partial charge < -0.3 is 5.32 Å². The highest BCUT2D eigenvalue weighted by Crippen LogP contribution is 2.47. The highest BCUT2D eigenvalue weighted by molar-refractivity contribution is 7.59. The maximum absolute atomic E-state index is 11.2. The average molecular weight is 331 g/mol. The van der Waals surface area contributed by atoms with Crippen LogP contribution in [0.1, 0.15) is 55.4 Å². The lowest BCUT2D eigenvalue weighted by Gasteiger charge is -2.28. The molecule has 0 amide bonds. The lowest BCUT2D eigenvalue weighted by molar-refractivity contribution is 0.565. The molecule has 0 saturated carbocycles. The van der Waals surface area contributed by atoms with E-state index in [1.54, 1.807) is 0 Å². The lowest BCUT2D eigenvalue weighted by atomic mass is 10.5. The van der Waals surface area contributed by atoms with E-state index in [1.165, 1.54) is 6.16 Å². The van der Waals surface area contributed by atoms with Gasteiger partial charge in [-0.1, -0.05) is 71.2 Å². The summed E-state index contributed by atoms with van der Waals surface area (Å²) in [6.07, 6.45) is 2.09. The predicted octanol–water partition coefficient (Wildman–Crippen LogP) is 4.89. The van der Waals surface area contributed by atoms with Crippen LogP contribution >= 0.6 is 15.8 Å². The van der Waals surface area contributed by atoms with Crippen LogP contribution in [0.2, 0.25) is 0 Å². The van der Waals surface area contributed by atoms with Gasteiger partial charge in [0.25, 0.3) is 0 Å². The molecular formula is C17H35NOP2. The van der Waals surface area contributed by atoms with E-state index < -0.39 is 0 Å². The second kappa shape index (κ2) is 10.8. The van der Waals surface area contributed by atoms with E-state index in [9.17, 15) is 4.79 Å². The molecule has 2 nitrogen and oxygen atoms in total. The summed E-state index contributed by atoms with van der Waals surface area (Å²) in [5.41, 5.74) is 3.64. The first-order chi connectivity index (χ1) is 9.70. The van der Waals surface area contributed by atoms with Crippen molar-refractivity contribution < 1.29 is 4.79 Å². The predicted molar refractivity (Wildman–Crippen MR) is 101 cm³/mol. The average Bonchev–Trinajstić information content (AvgIpc) is 2.35. The minimum Gasteiger partial charge on any atom is -0.379 e. The van der Waals surface area contributed by atoms with Crippen molar-refractivity contribution in [3.05, 3.63) is 5.70 Å². The van der Waals surface area contributed by atoms with Crippen LogP contribution in [0.4, 0.5) is 0 Å². The lowest BCUT2D eigenvalue weighted by Crippen LogP contribution is -2.23. The van der Waals surface area contributed by atoms with Crippen LogP contribution in [0.15, 0.2) is 5.70 Å². The third-order valence-corrected chi connectivity index (χ3v) is 10.6. The van der Waals surface area contributed by atoms with Gasteiger partial charge in [0.15, 0.2) is 0 Å². The van der Waals surface area contributed by atoms with Crippen LogP contribution < -0.4 is 5.32 Å². The summed E-state index contributed by atoms with van der Waals surface area (Å²) >= 11 is 0. The molecule has 4 heteroatoms. The molecular weight excluding hydrogens is 296 g/mol. The fourth-order valence-electron chi connectivity index (χ4n) is 2.72. The summed E-state index contributed by atoms with van der Waals surface area (Å²) in [6.45, 7) is 19.3. The molecule has 0 saturated heterocycles. The molecule has 0 atom stereocenters. The molecule has 0 aliphatic carbocycles. The topological polar surface area (TPSA) is 29.1 Å². The molecule has 0 rings (SSSR count). The minimum absolute atomic E-state index is 0.0401. The Morgan fingerprint density at radius 1 is 0.857 bits per heavy atom. The quantitative estimate of drug-likeness (QED) is 0.456. The molecule has 0 heterocycles. The SMILES string of the molecule is CC(C)P(CCNC(=C=O)CP(C(C)C)C(C)C)C(C)C. The Labute approximate surface area is 135 Å². The standard InChI is InChI=1S/C17H35NOP2/c1-13(2)20(14(3)4)10-9-18-17(11-19)12-21(15(5)6)16(7)8/h13-16,18H,9-10,12H2,1-8H3. The molecule has 0 spiro atoms. The molecule has 0 aromatic rings. The second-order valence-electron chi connectivity index (χ2n) is 6.79. The van der Waals surface area contributed by atoms with Crippen molar-refractivity contribution in [1.29, 1.82) is 0 Å². The summed E-state index contributed by atoms with van der Waals surface area (Å²) in [7, 11) is -0.0973. The highest BCUT2D eigenvalue weighted by atomic mass is 31.1. The molecule has 0 aliphatic heterocycles. The van der Waals surface area contributed by atoms with Crippen LogP contribution in [-0.4, -0.2) is 47.4 Å². The van der Waals surface area contributed by atoms with Gasteiger partial charge >= 0.3 is 0 Å². The van der Waals surface area contributed by atoms with Gasteiger partial charge in [0, 0.05) is 12.7 Å². The maximum atomic E-state index is 11.2. The van der Waals surface area contributed by atoms with Crippen molar-refractivity contribution in [2.75, 3.05) is 18.9 Å². The molecule has 21 heavy (non-hydrogen) atoms. The zero-order chi connectivity index (χ0) is 16.6. The van der Waals surface area contributed by atoms with Crippen LogP contribution in [0.3, 0.4) is 0 Å². The van der Waals surface area contributed by atoms with Gasteiger partial charge in [0.05, 0.1) is 0 Å². The van der Waals surface area contributed by atoms with E-state index in [-0.39, 0.29) is 15.8 Å². The Morgan fingerprint density at radius 3 is 1.62 bits per heavy atom. The Bertz CT molecular complexity index is 318. The summed E-state index contributed by atoms with van der Waals surface area (Å²) in [6, 6.07) is 0. The van der Waals surface area contributed by atoms with E-state index in [4.69, 9.17) is 0 Å². The number of rotatable bonds is 10. The summed E-state index contributed by atoms with van der Waals surface area (Å²) in [5, 5.41) is 3.38. The van der Waals surface area contributed by atoms with Gasteiger partial charge in [-0.3, -0.25) is 0 Å². The fourth-order valence-corrected chi connectivity index (χ4v) is 7.78. The Hall–Kier alpha value is 0.110. The van der Waals surface area contributed by atoms with E-state index in [0.717, 1.165) is 29.7 Å². The van der Waals surface area contributed by atoms with Crippen LogP contribution in [0.5, 0.6) is 0 Å². The molecule has 0 aliphatic rings. The van der Waals surface area contributed by atoms with Crippen molar-refractivity contribution in [1.82, 2.24) is 5.32 Å². The zero-order valence-electron chi connectivity index (χ0n) is 15.2. The molecule has 1 N–H and O–H groups in total. The van der Waals surface area contributed by atoms with Crippen LogP contribution in [0, 0.1) is 0 Å². The Balaban J connectivity index is 4.44. The molecule has 0 aromatic carbocycles. The zero-order valence-corrected chi connectivity index (χ0v) is 17.0. The first-order valence-electron chi connectivity index (χ1n) is 8.20. The van der Waals surface area contributed by atoms with Gasteiger partial charge in [-0.25, -0.2) is 4.79 Å². The normalized spacial score (nSPS) is 12.1. The van der Waals surface area contributed by atoms with Crippen molar-refractivity contribution >= 4 is 21.8 Å². The molecule has 0 aromatic heterocycles. The Kier molecular flexibility index (Phi) is 10.8. The first-order valence-corrected chi connectivity index (χ1v) is 11.5. The van der Waals surface area contributed by atoms with Crippen molar-refractivity contribution in [2.24, 2.45) is 0 Å². The third kappa shape index (κ3) is 8.35. The van der Waals surface area contributed by atoms with Crippen molar-refractivity contribution in [3.63, 3.8) is 0 Å². The van der Waals surface area contributed by atoms with Gasteiger partial charge in [0.2, 0.25) is 0 Å². The molecule has 0 fully saturated rings. The van der Waals surface area contributed by atoms with Gasteiger partial charge in [-0.2, -0.15) is 0 Å². The molecule has 0 unspecified atom stereocenters. The van der Waals surface area contributed by atoms with Gasteiger partial charge in [-0.15, -0.1) is 0 Å². The maximum Gasteiger partial charge on any atom is 0.145 e. The smallest absolute Gasteiger partial charge is 0.145 e. The minimum atomic E-state index is -0.137. The second-order valence-corrected chi connectivity index (χ2v) is 13.7. The highest BCUT2D eigenvalue weighted by Gasteiger charge is 2.20. The number of carbonyl (C=O) groups excluding carboxylic acids is 1. The fraction of sp³-hybridized carbons (Fsp3) is 0.882. The Morgan fingerprint density at radius 2 is 1.29 bits per heavy atom. The molecule has 0 radical (unpaired) electrons. The summed E-state index contributed by atoms with van der Waals surface area (Å²) in [5.74, 6) is 2.15. The van der Waals surface area contributed by atoms with Crippen LogP contribution in [0.25, 0.3) is 0 Å². The van der Waals surface area contributed by atoms with Crippen LogP contribution in [-0.2, 0) is 4.79 Å². The van der Waals surface area contributed by atoms with E-state index >= 15 is 0 Å². The van der Waals surface area contributed by atoms with Crippen molar-refractivity contribution in [3.8, 4) is 0 Å². The largest absolute Gasteiger partial charge is 0.379 e. The number of allylic oxidation sites excluding steroid dienone is 1. The monoisotopic (exact) mass is 331 g/mol. The number of hydrogen-bond acceptors (Lipinski definition) is 2. The molecule has 124 valence electrons. The van der Waals surface area contributed by atoms with E-state index in [0.29, 0.717) is 11.3 Å². The van der Waals surface area contributed by atoms with Gasteiger partial charge in [0.1, 0.15) is 11.6 Å². The van der Waals surface area contributed by atoms with Crippen molar-refractivity contribution in [2.45, 2.75) is 78.0 Å². The number of hydrogen-bond donors (Lipinski definition) is 1. The summed E-state index contributed by atoms with van der Waals surface area (Å²) < 4.78 is 0. The van der Waals surface area contributed by atoms with E-state index in [2.05, 4.69) is 66.6 Å². The first kappa shape index (κ1) is 21.1. The third-order valence-electron chi connectivity index (χ3n) is 3.83.